The quantitative estimate of drug-likeness (QED) is 0.437. The monoisotopic (exact) mass is 242 g/mol. The van der Waals surface area contributed by atoms with Crippen molar-refractivity contribution in [1.82, 2.24) is 0 Å². The molecule has 0 heteroatoms. The minimum absolute atomic E-state index is 1.12. The Kier molecular flexibility index (Phi) is 13.6. The van der Waals surface area contributed by atoms with Gasteiger partial charge >= 0.3 is 0 Å². The lowest BCUT2D eigenvalue weighted by Gasteiger charge is -1.94. The average Bonchev–Trinajstić information content (AvgIpc) is 2.31. The van der Waals surface area contributed by atoms with Crippen molar-refractivity contribution < 1.29 is 0 Å². The Bertz CT molecular complexity index is 362. The molecule has 0 amide bonds. The summed E-state index contributed by atoms with van der Waals surface area (Å²) in [6, 6.07) is 10.2. The van der Waals surface area contributed by atoms with Gasteiger partial charge in [0, 0.05) is 0 Å². The van der Waals surface area contributed by atoms with Gasteiger partial charge in [0.2, 0.25) is 0 Å². The summed E-state index contributed by atoms with van der Waals surface area (Å²) in [7, 11) is 0. The molecule has 0 atom stereocenters. The standard InChI is InChI=1S/C9H10.C5H8.C4H8/c1-8(2)9-6-4-3-5-7-9;1-3-5-4-2;1-4(2)3/h3-7H,1H2,2H3;3-5H,1H2,2H3;1H2,2-3H3. The van der Waals surface area contributed by atoms with Gasteiger partial charge < -0.3 is 0 Å². The summed E-state index contributed by atoms with van der Waals surface area (Å²) in [5, 5.41) is 0. The van der Waals surface area contributed by atoms with Gasteiger partial charge in [-0.15, -0.1) is 6.58 Å². The molecule has 0 aliphatic rings. The van der Waals surface area contributed by atoms with E-state index >= 15 is 0 Å². The third-order valence-electron chi connectivity index (χ3n) is 1.60. The maximum Gasteiger partial charge on any atom is -0.0233 e. The van der Waals surface area contributed by atoms with Crippen molar-refractivity contribution in [2.24, 2.45) is 0 Å². The lowest BCUT2D eigenvalue weighted by molar-refractivity contribution is 1.42. The molecule has 0 saturated carbocycles. The molecule has 0 bridgehead atoms. The number of hydrogen-bond donors (Lipinski definition) is 0. The lowest BCUT2D eigenvalue weighted by Crippen LogP contribution is -1.72. The van der Waals surface area contributed by atoms with E-state index in [1.54, 1.807) is 6.08 Å². The van der Waals surface area contributed by atoms with E-state index in [0.29, 0.717) is 0 Å². The second kappa shape index (κ2) is 13.2. The van der Waals surface area contributed by atoms with Crippen LogP contribution in [0.2, 0.25) is 0 Å². The zero-order chi connectivity index (χ0) is 14.4. The molecule has 0 N–H and O–H groups in total. The lowest BCUT2D eigenvalue weighted by atomic mass is 10.1. The molecule has 1 rings (SSSR count). The Morgan fingerprint density at radius 2 is 1.44 bits per heavy atom. The number of hydrogen-bond acceptors (Lipinski definition) is 0. The minimum Gasteiger partial charge on any atom is -0.100 e. The first kappa shape index (κ1) is 18.5. The maximum atomic E-state index is 3.83. The van der Waals surface area contributed by atoms with E-state index in [4.69, 9.17) is 0 Å². The van der Waals surface area contributed by atoms with E-state index in [1.165, 1.54) is 11.1 Å². The smallest absolute Gasteiger partial charge is 0.0233 e. The molecule has 0 radical (unpaired) electrons. The summed E-state index contributed by atoms with van der Waals surface area (Å²) in [4.78, 5) is 0. The minimum atomic E-state index is 1.12. The maximum absolute atomic E-state index is 3.83. The molecule has 0 heterocycles. The summed E-state index contributed by atoms with van der Waals surface area (Å²) in [6.45, 7) is 18.8. The van der Waals surface area contributed by atoms with Crippen LogP contribution < -0.4 is 0 Å². The molecule has 0 aliphatic heterocycles. The fourth-order valence-electron chi connectivity index (χ4n) is 0.859. The summed E-state index contributed by atoms with van der Waals surface area (Å²) < 4.78 is 0. The van der Waals surface area contributed by atoms with Crippen molar-refractivity contribution in [3.05, 3.63) is 79.4 Å². The average molecular weight is 242 g/mol. The first-order chi connectivity index (χ1) is 8.45. The fraction of sp³-hybridized carbons (Fsp3) is 0.222. The van der Waals surface area contributed by atoms with Crippen LogP contribution in [-0.2, 0) is 0 Å². The van der Waals surface area contributed by atoms with E-state index in [2.05, 4.69) is 31.9 Å². The molecule has 0 fully saturated rings. The van der Waals surface area contributed by atoms with Crippen LogP contribution >= 0.6 is 0 Å². The molecule has 18 heavy (non-hydrogen) atoms. The predicted octanol–water partition coefficient (Wildman–Crippen LogP) is 6.05. The Hall–Kier alpha value is -1.82. The SMILES string of the molecule is C=C(C)C.C=C(C)c1ccccc1.C=CC=CC. The topological polar surface area (TPSA) is 0 Å². The highest BCUT2D eigenvalue weighted by molar-refractivity contribution is 5.60. The fourth-order valence-corrected chi connectivity index (χ4v) is 0.859. The molecule has 0 nitrogen and oxygen atoms in total. The highest BCUT2D eigenvalue weighted by Gasteiger charge is 1.86. The van der Waals surface area contributed by atoms with Gasteiger partial charge in [0.05, 0.1) is 0 Å². The van der Waals surface area contributed by atoms with E-state index in [0.717, 1.165) is 5.57 Å². The van der Waals surface area contributed by atoms with Gasteiger partial charge in [0.15, 0.2) is 0 Å². The Labute approximate surface area is 113 Å². The number of benzene rings is 1. The van der Waals surface area contributed by atoms with Crippen LogP contribution in [0.3, 0.4) is 0 Å². The largest absolute Gasteiger partial charge is 0.100 e. The van der Waals surface area contributed by atoms with Crippen LogP contribution in [0.1, 0.15) is 33.3 Å². The number of rotatable bonds is 2. The highest BCUT2D eigenvalue weighted by Crippen LogP contribution is 2.08. The first-order valence-electron chi connectivity index (χ1n) is 6.02. The van der Waals surface area contributed by atoms with Crippen molar-refractivity contribution in [2.45, 2.75) is 27.7 Å². The molecule has 0 aliphatic carbocycles. The molecule has 0 aromatic heterocycles. The van der Waals surface area contributed by atoms with Gasteiger partial charge in [0.25, 0.3) is 0 Å². The van der Waals surface area contributed by atoms with Crippen LogP contribution in [-0.4, -0.2) is 0 Å². The van der Waals surface area contributed by atoms with E-state index < -0.39 is 0 Å². The number of allylic oxidation sites excluding steroid dienone is 5. The molecule has 0 unspecified atom stereocenters. The zero-order valence-electron chi connectivity index (χ0n) is 12.2. The second-order valence-corrected chi connectivity index (χ2v) is 4.11. The zero-order valence-corrected chi connectivity index (χ0v) is 12.2. The van der Waals surface area contributed by atoms with Gasteiger partial charge in [-0.1, -0.05) is 72.9 Å². The normalized spacial score (nSPS) is 8.44. The van der Waals surface area contributed by atoms with Gasteiger partial charge in [-0.3, -0.25) is 0 Å². The molecular formula is C18H26. The molecule has 98 valence electrons. The molecule has 1 aromatic rings. The first-order valence-corrected chi connectivity index (χ1v) is 6.02. The van der Waals surface area contributed by atoms with Crippen LogP contribution in [0.25, 0.3) is 5.57 Å². The third kappa shape index (κ3) is 16.6. The summed E-state index contributed by atoms with van der Waals surface area (Å²) >= 11 is 0. The summed E-state index contributed by atoms with van der Waals surface area (Å²) in [5.74, 6) is 0. The molecule has 1 aromatic carbocycles. The Morgan fingerprint density at radius 3 is 1.61 bits per heavy atom. The molecular weight excluding hydrogens is 216 g/mol. The van der Waals surface area contributed by atoms with Gasteiger partial charge in [-0.2, -0.15) is 0 Å². The highest BCUT2D eigenvalue weighted by atomic mass is 13.9. The van der Waals surface area contributed by atoms with Gasteiger partial charge in [-0.25, -0.2) is 0 Å². The predicted molar refractivity (Wildman–Crippen MR) is 86.6 cm³/mol. The third-order valence-corrected chi connectivity index (χ3v) is 1.60. The van der Waals surface area contributed by atoms with E-state index in [9.17, 15) is 0 Å². The van der Waals surface area contributed by atoms with Crippen LogP contribution in [0.4, 0.5) is 0 Å². The van der Waals surface area contributed by atoms with Crippen molar-refractivity contribution >= 4 is 5.57 Å². The van der Waals surface area contributed by atoms with Crippen molar-refractivity contribution in [3.63, 3.8) is 0 Å². The van der Waals surface area contributed by atoms with Crippen molar-refractivity contribution in [3.8, 4) is 0 Å². The van der Waals surface area contributed by atoms with Crippen LogP contribution in [0.15, 0.2) is 73.9 Å². The van der Waals surface area contributed by atoms with E-state index in [1.807, 2.05) is 58.0 Å². The van der Waals surface area contributed by atoms with Crippen LogP contribution in [0, 0.1) is 0 Å². The van der Waals surface area contributed by atoms with Crippen molar-refractivity contribution in [1.29, 1.82) is 0 Å². The van der Waals surface area contributed by atoms with Crippen LogP contribution in [0.5, 0.6) is 0 Å². The Balaban J connectivity index is 0. The second-order valence-electron chi connectivity index (χ2n) is 4.11. The van der Waals surface area contributed by atoms with Gasteiger partial charge in [0.1, 0.15) is 0 Å². The van der Waals surface area contributed by atoms with E-state index in [-0.39, 0.29) is 0 Å². The molecule has 0 spiro atoms. The molecule has 0 saturated heterocycles. The summed E-state index contributed by atoms with van der Waals surface area (Å²) in [5.41, 5.74) is 3.51. The summed E-state index contributed by atoms with van der Waals surface area (Å²) in [6.07, 6.45) is 5.58. The Morgan fingerprint density at radius 1 is 1.00 bits per heavy atom. The van der Waals surface area contributed by atoms with Gasteiger partial charge in [-0.05, 0) is 33.3 Å². The van der Waals surface area contributed by atoms with Crippen molar-refractivity contribution in [2.75, 3.05) is 0 Å².